The van der Waals surface area contributed by atoms with E-state index in [0.29, 0.717) is 22.9 Å². The molecule has 0 saturated heterocycles. The SMILES string of the molecule is O=C(Cc1cc(F)ccc1Br)C1CCCCC1C(F)(F)F. The molecule has 0 spiro atoms. The molecule has 2 atom stereocenters. The average molecular weight is 367 g/mol. The van der Waals surface area contributed by atoms with Crippen LogP contribution in [0.25, 0.3) is 0 Å². The van der Waals surface area contributed by atoms with Crippen LogP contribution in [0.3, 0.4) is 0 Å². The van der Waals surface area contributed by atoms with Crippen LogP contribution in [0.2, 0.25) is 0 Å². The summed E-state index contributed by atoms with van der Waals surface area (Å²) < 4.78 is 52.8. The van der Waals surface area contributed by atoms with E-state index in [4.69, 9.17) is 0 Å². The third-order valence-corrected chi connectivity index (χ3v) is 4.75. The Labute approximate surface area is 128 Å². The molecule has 0 radical (unpaired) electrons. The van der Waals surface area contributed by atoms with Crippen molar-refractivity contribution in [2.24, 2.45) is 11.8 Å². The van der Waals surface area contributed by atoms with Gasteiger partial charge in [-0.25, -0.2) is 4.39 Å². The van der Waals surface area contributed by atoms with Crippen molar-refractivity contribution in [2.75, 3.05) is 0 Å². The fourth-order valence-electron chi connectivity index (χ4n) is 2.91. The Hall–Kier alpha value is -0.910. The van der Waals surface area contributed by atoms with Gasteiger partial charge in [-0.2, -0.15) is 13.2 Å². The maximum Gasteiger partial charge on any atom is 0.392 e. The number of hydrogen-bond acceptors (Lipinski definition) is 1. The molecule has 1 aromatic rings. The Morgan fingerprint density at radius 3 is 2.57 bits per heavy atom. The van der Waals surface area contributed by atoms with E-state index in [2.05, 4.69) is 15.9 Å². The van der Waals surface area contributed by atoms with Crippen molar-refractivity contribution in [1.82, 2.24) is 0 Å². The maximum absolute atomic E-state index is 13.2. The van der Waals surface area contributed by atoms with Crippen molar-refractivity contribution in [3.8, 4) is 0 Å². The van der Waals surface area contributed by atoms with Crippen molar-refractivity contribution < 1.29 is 22.4 Å². The van der Waals surface area contributed by atoms with Crippen LogP contribution in [-0.4, -0.2) is 12.0 Å². The minimum absolute atomic E-state index is 0.00419. The zero-order chi connectivity index (χ0) is 15.6. The molecule has 0 aliphatic heterocycles. The molecule has 21 heavy (non-hydrogen) atoms. The third-order valence-electron chi connectivity index (χ3n) is 3.97. The maximum atomic E-state index is 13.2. The van der Waals surface area contributed by atoms with E-state index < -0.39 is 29.6 Å². The number of ketones is 1. The number of Topliss-reactive ketones (excluding diaryl/α,β-unsaturated/α-hetero) is 1. The predicted molar refractivity (Wildman–Crippen MR) is 74.3 cm³/mol. The predicted octanol–water partition coefficient (Wildman–Crippen LogP) is 5.07. The van der Waals surface area contributed by atoms with Gasteiger partial charge in [0.05, 0.1) is 5.92 Å². The molecule has 1 aliphatic rings. The molecule has 0 N–H and O–H groups in total. The lowest BCUT2D eigenvalue weighted by Crippen LogP contribution is -2.37. The first-order valence-corrected chi connectivity index (χ1v) is 7.61. The van der Waals surface area contributed by atoms with Crippen LogP contribution in [0.5, 0.6) is 0 Å². The number of halogens is 5. The molecule has 0 amide bonds. The van der Waals surface area contributed by atoms with E-state index in [9.17, 15) is 22.4 Å². The fourth-order valence-corrected chi connectivity index (χ4v) is 3.29. The van der Waals surface area contributed by atoms with E-state index in [1.807, 2.05) is 0 Å². The van der Waals surface area contributed by atoms with Gasteiger partial charge in [-0.05, 0) is 36.6 Å². The average Bonchev–Trinajstić information content (AvgIpc) is 2.42. The van der Waals surface area contributed by atoms with Gasteiger partial charge in [-0.1, -0.05) is 28.8 Å². The molecular formula is C15H15BrF4O. The van der Waals surface area contributed by atoms with Crippen LogP contribution >= 0.6 is 15.9 Å². The van der Waals surface area contributed by atoms with Crippen molar-refractivity contribution in [3.63, 3.8) is 0 Å². The summed E-state index contributed by atoms with van der Waals surface area (Å²) in [5, 5.41) is 0. The summed E-state index contributed by atoms with van der Waals surface area (Å²) in [4.78, 5) is 12.2. The quantitative estimate of drug-likeness (QED) is 0.682. The van der Waals surface area contributed by atoms with Crippen LogP contribution in [-0.2, 0) is 11.2 Å². The second-order valence-electron chi connectivity index (χ2n) is 5.42. The van der Waals surface area contributed by atoms with Gasteiger partial charge in [0.15, 0.2) is 0 Å². The highest BCUT2D eigenvalue weighted by Gasteiger charge is 2.47. The van der Waals surface area contributed by atoms with Crippen LogP contribution in [0, 0.1) is 17.7 Å². The molecule has 0 bridgehead atoms. The first-order chi connectivity index (χ1) is 9.79. The molecule has 2 rings (SSSR count). The first-order valence-electron chi connectivity index (χ1n) is 6.82. The van der Waals surface area contributed by atoms with E-state index in [-0.39, 0.29) is 19.3 Å². The molecule has 0 aromatic heterocycles. The molecule has 1 nitrogen and oxygen atoms in total. The number of hydrogen-bond donors (Lipinski definition) is 0. The highest BCUT2D eigenvalue weighted by atomic mass is 79.9. The van der Waals surface area contributed by atoms with Gasteiger partial charge in [-0.15, -0.1) is 0 Å². The number of benzene rings is 1. The van der Waals surface area contributed by atoms with Crippen molar-refractivity contribution in [2.45, 2.75) is 38.3 Å². The topological polar surface area (TPSA) is 17.1 Å². The summed E-state index contributed by atoms with van der Waals surface area (Å²) in [5.74, 6) is -3.53. The van der Waals surface area contributed by atoms with E-state index in [0.717, 1.165) is 0 Å². The summed E-state index contributed by atoms with van der Waals surface area (Å²) in [6.45, 7) is 0. The van der Waals surface area contributed by atoms with Crippen LogP contribution in [0.1, 0.15) is 31.2 Å². The van der Waals surface area contributed by atoms with Crippen molar-refractivity contribution in [1.29, 1.82) is 0 Å². The molecule has 1 aliphatic carbocycles. The van der Waals surface area contributed by atoms with E-state index in [1.165, 1.54) is 18.2 Å². The molecule has 2 unspecified atom stereocenters. The largest absolute Gasteiger partial charge is 0.392 e. The lowest BCUT2D eigenvalue weighted by atomic mass is 9.75. The highest BCUT2D eigenvalue weighted by molar-refractivity contribution is 9.10. The number of carbonyl (C=O) groups is 1. The fraction of sp³-hybridized carbons (Fsp3) is 0.533. The van der Waals surface area contributed by atoms with Gasteiger partial charge in [0, 0.05) is 16.8 Å². The summed E-state index contributed by atoms with van der Waals surface area (Å²) >= 11 is 3.20. The highest BCUT2D eigenvalue weighted by Crippen LogP contribution is 2.42. The summed E-state index contributed by atoms with van der Waals surface area (Å²) in [7, 11) is 0. The van der Waals surface area contributed by atoms with Crippen LogP contribution in [0.15, 0.2) is 22.7 Å². The normalized spacial score (nSPS) is 23.1. The summed E-state index contributed by atoms with van der Waals surface area (Å²) in [6.07, 6.45) is -3.12. The Balaban J connectivity index is 2.16. The molecule has 1 fully saturated rings. The lowest BCUT2D eigenvalue weighted by Gasteiger charge is -2.32. The number of carbonyl (C=O) groups excluding carboxylic acids is 1. The van der Waals surface area contributed by atoms with Gasteiger partial charge >= 0.3 is 6.18 Å². The minimum Gasteiger partial charge on any atom is -0.299 e. The molecule has 1 saturated carbocycles. The van der Waals surface area contributed by atoms with E-state index >= 15 is 0 Å². The van der Waals surface area contributed by atoms with Crippen molar-refractivity contribution >= 4 is 21.7 Å². The zero-order valence-corrected chi connectivity index (χ0v) is 12.8. The number of rotatable bonds is 3. The van der Waals surface area contributed by atoms with E-state index in [1.54, 1.807) is 0 Å². The Morgan fingerprint density at radius 1 is 1.24 bits per heavy atom. The third kappa shape index (κ3) is 4.05. The lowest BCUT2D eigenvalue weighted by molar-refractivity contribution is -0.197. The van der Waals surface area contributed by atoms with Crippen LogP contribution in [0.4, 0.5) is 17.6 Å². The second-order valence-corrected chi connectivity index (χ2v) is 6.27. The summed E-state index contributed by atoms with van der Waals surface area (Å²) in [6, 6.07) is 3.88. The summed E-state index contributed by atoms with van der Waals surface area (Å²) in [5.41, 5.74) is 0.395. The number of alkyl halides is 3. The molecule has 0 heterocycles. The van der Waals surface area contributed by atoms with Gasteiger partial charge < -0.3 is 0 Å². The van der Waals surface area contributed by atoms with Gasteiger partial charge in [0.25, 0.3) is 0 Å². The smallest absolute Gasteiger partial charge is 0.299 e. The minimum atomic E-state index is -4.35. The molecule has 1 aromatic carbocycles. The van der Waals surface area contributed by atoms with Gasteiger partial charge in [-0.3, -0.25) is 4.79 Å². The molecule has 116 valence electrons. The Bertz CT molecular complexity index is 527. The standard InChI is InChI=1S/C15H15BrF4O/c16-13-6-5-10(17)7-9(13)8-14(21)11-3-1-2-4-12(11)15(18,19)20/h5-7,11-12H,1-4,8H2. The zero-order valence-electron chi connectivity index (χ0n) is 11.2. The van der Waals surface area contributed by atoms with Gasteiger partial charge in [0.1, 0.15) is 11.6 Å². The van der Waals surface area contributed by atoms with Crippen LogP contribution < -0.4 is 0 Å². The Kier molecular flexibility index (Phi) is 5.07. The first kappa shape index (κ1) is 16.5. The monoisotopic (exact) mass is 366 g/mol. The molecule has 6 heteroatoms. The van der Waals surface area contributed by atoms with Gasteiger partial charge in [0.2, 0.25) is 0 Å². The molecular weight excluding hydrogens is 352 g/mol. The van der Waals surface area contributed by atoms with Crippen molar-refractivity contribution in [3.05, 3.63) is 34.1 Å². The Morgan fingerprint density at radius 2 is 1.90 bits per heavy atom. The second kappa shape index (κ2) is 6.46.